The van der Waals surface area contributed by atoms with E-state index < -0.39 is 0 Å². The quantitative estimate of drug-likeness (QED) is 0.828. The molecule has 2 rings (SSSR count). The average molecular weight is 296 g/mol. The largest absolute Gasteiger partial charge is 0.336 e. The smallest absolute Gasteiger partial charge is 0.254 e. The van der Waals surface area contributed by atoms with Crippen LogP contribution in [0, 0.1) is 6.92 Å². The Hall–Kier alpha value is -0.830. The first kappa shape index (κ1) is 12.6. The first-order valence-corrected chi connectivity index (χ1v) is 7.00. The monoisotopic (exact) mass is 295 g/mol. The Labute approximate surface area is 111 Å². The lowest BCUT2D eigenvalue weighted by molar-refractivity contribution is 0.0743. The van der Waals surface area contributed by atoms with Crippen LogP contribution in [0.3, 0.4) is 0 Å². The molecule has 17 heavy (non-hydrogen) atoms. The minimum absolute atomic E-state index is 0.176. The molecule has 1 aliphatic carbocycles. The van der Waals surface area contributed by atoms with Gasteiger partial charge in [0.1, 0.15) is 0 Å². The predicted octanol–water partition coefficient (Wildman–Crippen LogP) is 3.77. The summed E-state index contributed by atoms with van der Waals surface area (Å²) in [6, 6.07) is 6.34. The molecule has 1 aromatic carbocycles. The molecular formula is C14H18BrNO. The molecule has 1 saturated carbocycles. The van der Waals surface area contributed by atoms with Gasteiger partial charge in [-0.15, -0.1) is 0 Å². The van der Waals surface area contributed by atoms with Gasteiger partial charge in [-0.2, -0.15) is 0 Å². The van der Waals surface area contributed by atoms with Crippen molar-refractivity contribution in [2.75, 3.05) is 6.54 Å². The molecule has 0 saturated heterocycles. The maximum atomic E-state index is 12.4. The summed E-state index contributed by atoms with van der Waals surface area (Å²) in [5, 5.41) is 0. The molecule has 0 aliphatic heterocycles. The molecule has 0 unspecified atom stereocenters. The van der Waals surface area contributed by atoms with Crippen LogP contribution < -0.4 is 0 Å². The molecule has 92 valence electrons. The van der Waals surface area contributed by atoms with Gasteiger partial charge in [0.05, 0.1) is 0 Å². The summed E-state index contributed by atoms with van der Waals surface area (Å²) in [4.78, 5) is 14.4. The van der Waals surface area contributed by atoms with E-state index in [0.29, 0.717) is 6.04 Å². The lowest BCUT2D eigenvalue weighted by Gasteiger charge is -2.22. The summed E-state index contributed by atoms with van der Waals surface area (Å²) in [6.07, 6.45) is 3.35. The van der Waals surface area contributed by atoms with E-state index >= 15 is 0 Å². The Kier molecular flexibility index (Phi) is 3.87. The molecule has 0 spiro atoms. The molecule has 0 aromatic heterocycles. The second kappa shape index (κ2) is 5.21. The van der Waals surface area contributed by atoms with Crippen molar-refractivity contribution in [3.8, 4) is 0 Å². The SMILES string of the molecule is CCCN(C(=O)c1ccc(C)c(Br)c1)C1CC1. The van der Waals surface area contributed by atoms with Crippen LogP contribution in [0.15, 0.2) is 22.7 Å². The Morgan fingerprint density at radius 1 is 1.47 bits per heavy atom. The third-order valence-electron chi connectivity index (χ3n) is 3.13. The van der Waals surface area contributed by atoms with E-state index in [9.17, 15) is 4.79 Å². The summed E-state index contributed by atoms with van der Waals surface area (Å²) in [5.41, 5.74) is 1.96. The first-order valence-electron chi connectivity index (χ1n) is 6.20. The lowest BCUT2D eigenvalue weighted by atomic mass is 10.1. The Morgan fingerprint density at radius 2 is 2.18 bits per heavy atom. The van der Waals surface area contributed by atoms with E-state index in [1.807, 2.05) is 30.0 Å². The lowest BCUT2D eigenvalue weighted by Crippen LogP contribution is -2.33. The number of nitrogens with zero attached hydrogens (tertiary/aromatic N) is 1. The molecule has 0 bridgehead atoms. The fraction of sp³-hybridized carbons (Fsp3) is 0.500. The fourth-order valence-electron chi connectivity index (χ4n) is 1.97. The van der Waals surface area contributed by atoms with Crippen LogP contribution in [0.2, 0.25) is 0 Å². The second-order valence-corrected chi connectivity index (χ2v) is 5.55. The van der Waals surface area contributed by atoms with Crippen molar-refractivity contribution < 1.29 is 4.79 Å². The highest BCUT2D eigenvalue weighted by atomic mass is 79.9. The molecule has 1 aromatic rings. The number of carbonyl (C=O) groups is 1. The maximum Gasteiger partial charge on any atom is 0.254 e. The molecule has 0 heterocycles. The number of rotatable bonds is 4. The number of halogens is 1. The van der Waals surface area contributed by atoms with Crippen molar-refractivity contribution in [2.24, 2.45) is 0 Å². The van der Waals surface area contributed by atoms with Gasteiger partial charge in [0.25, 0.3) is 5.91 Å². The van der Waals surface area contributed by atoms with Gasteiger partial charge in [-0.1, -0.05) is 28.9 Å². The molecule has 3 heteroatoms. The normalized spacial score (nSPS) is 14.8. The van der Waals surface area contributed by atoms with E-state index in [2.05, 4.69) is 22.9 Å². The van der Waals surface area contributed by atoms with Crippen LogP contribution in [-0.2, 0) is 0 Å². The van der Waals surface area contributed by atoms with Crippen LogP contribution >= 0.6 is 15.9 Å². The van der Waals surface area contributed by atoms with Crippen molar-refractivity contribution in [2.45, 2.75) is 39.2 Å². The maximum absolute atomic E-state index is 12.4. The average Bonchev–Trinajstić information content (AvgIpc) is 3.13. The molecule has 1 amide bonds. The van der Waals surface area contributed by atoms with Gasteiger partial charge in [-0.25, -0.2) is 0 Å². The number of carbonyl (C=O) groups excluding carboxylic acids is 1. The van der Waals surface area contributed by atoms with Crippen LogP contribution in [0.25, 0.3) is 0 Å². The molecule has 1 fully saturated rings. The van der Waals surface area contributed by atoms with Crippen molar-refractivity contribution in [3.63, 3.8) is 0 Å². The van der Waals surface area contributed by atoms with Crippen molar-refractivity contribution in [3.05, 3.63) is 33.8 Å². The summed E-state index contributed by atoms with van der Waals surface area (Å²) in [7, 11) is 0. The predicted molar refractivity (Wildman–Crippen MR) is 73.2 cm³/mol. The van der Waals surface area contributed by atoms with Crippen LogP contribution in [0.4, 0.5) is 0 Å². The van der Waals surface area contributed by atoms with Crippen molar-refractivity contribution in [1.29, 1.82) is 0 Å². The van der Waals surface area contributed by atoms with E-state index in [4.69, 9.17) is 0 Å². The standard InChI is InChI=1S/C14H18BrNO/c1-3-8-16(12-6-7-12)14(17)11-5-4-10(2)13(15)9-11/h4-5,9,12H,3,6-8H2,1-2H3. The highest BCUT2D eigenvalue weighted by Crippen LogP contribution is 2.29. The molecule has 2 nitrogen and oxygen atoms in total. The van der Waals surface area contributed by atoms with Crippen LogP contribution in [-0.4, -0.2) is 23.4 Å². The van der Waals surface area contributed by atoms with Crippen molar-refractivity contribution >= 4 is 21.8 Å². The number of amides is 1. The first-order chi connectivity index (χ1) is 8.13. The van der Waals surface area contributed by atoms with Gasteiger partial charge in [0.15, 0.2) is 0 Å². The number of hydrogen-bond donors (Lipinski definition) is 0. The van der Waals surface area contributed by atoms with E-state index in [0.717, 1.165) is 28.6 Å². The summed E-state index contributed by atoms with van der Waals surface area (Å²) < 4.78 is 1.01. The Balaban J connectivity index is 2.19. The molecule has 1 aliphatic rings. The summed E-state index contributed by atoms with van der Waals surface area (Å²) >= 11 is 3.48. The zero-order chi connectivity index (χ0) is 12.4. The topological polar surface area (TPSA) is 20.3 Å². The molecule has 0 radical (unpaired) electrons. The number of benzene rings is 1. The summed E-state index contributed by atoms with van der Waals surface area (Å²) in [5.74, 6) is 0.176. The Bertz CT molecular complexity index is 426. The van der Waals surface area contributed by atoms with Crippen LogP contribution in [0.1, 0.15) is 42.1 Å². The fourth-order valence-corrected chi connectivity index (χ4v) is 2.35. The van der Waals surface area contributed by atoms with E-state index in [-0.39, 0.29) is 5.91 Å². The van der Waals surface area contributed by atoms with Gasteiger partial charge < -0.3 is 4.90 Å². The molecule has 0 atom stereocenters. The number of hydrogen-bond acceptors (Lipinski definition) is 1. The minimum atomic E-state index is 0.176. The third-order valence-corrected chi connectivity index (χ3v) is 3.99. The zero-order valence-electron chi connectivity index (χ0n) is 10.4. The Morgan fingerprint density at radius 3 is 2.71 bits per heavy atom. The van der Waals surface area contributed by atoms with E-state index in [1.165, 1.54) is 12.8 Å². The highest BCUT2D eigenvalue weighted by molar-refractivity contribution is 9.10. The number of aryl methyl sites for hydroxylation is 1. The van der Waals surface area contributed by atoms with Crippen LogP contribution in [0.5, 0.6) is 0 Å². The molecular weight excluding hydrogens is 278 g/mol. The highest BCUT2D eigenvalue weighted by Gasteiger charge is 2.32. The van der Waals surface area contributed by atoms with Gasteiger partial charge in [0.2, 0.25) is 0 Å². The molecule has 0 N–H and O–H groups in total. The van der Waals surface area contributed by atoms with Crippen molar-refractivity contribution in [1.82, 2.24) is 4.90 Å². The third kappa shape index (κ3) is 2.89. The van der Waals surface area contributed by atoms with Gasteiger partial charge >= 0.3 is 0 Å². The van der Waals surface area contributed by atoms with Gasteiger partial charge in [0, 0.05) is 22.6 Å². The van der Waals surface area contributed by atoms with E-state index in [1.54, 1.807) is 0 Å². The second-order valence-electron chi connectivity index (χ2n) is 4.69. The summed E-state index contributed by atoms with van der Waals surface area (Å²) in [6.45, 7) is 5.02. The zero-order valence-corrected chi connectivity index (χ0v) is 12.0. The minimum Gasteiger partial charge on any atom is -0.336 e. The van der Waals surface area contributed by atoms with Gasteiger partial charge in [-0.05, 0) is 43.9 Å². The van der Waals surface area contributed by atoms with Gasteiger partial charge in [-0.3, -0.25) is 4.79 Å².